The summed E-state index contributed by atoms with van der Waals surface area (Å²) in [5.74, 6) is 4.56. The van der Waals surface area contributed by atoms with Gasteiger partial charge in [-0.05, 0) is 31.2 Å². The van der Waals surface area contributed by atoms with Crippen molar-refractivity contribution < 1.29 is 18.9 Å². The number of ether oxygens (including phenoxy) is 4. The van der Waals surface area contributed by atoms with Crippen molar-refractivity contribution in [2.45, 2.75) is 6.92 Å². The van der Waals surface area contributed by atoms with E-state index in [4.69, 9.17) is 18.9 Å². The molecule has 0 fully saturated rings. The maximum atomic E-state index is 5.44. The zero-order chi connectivity index (χ0) is 20.8. The maximum Gasteiger partial charge on any atom is 0.146 e. The van der Waals surface area contributed by atoms with Gasteiger partial charge in [0.25, 0.3) is 0 Å². The summed E-state index contributed by atoms with van der Waals surface area (Å²) < 4.78 is 21.4. The zero-order valence-corrected chi connectivity index (χ0v) is 17.1. The summed E-state index contributed by atoms with van der Waals surface area (Å²) in [4.78, 5) is 8.92. The van der Waals surface area contributed by atoms with Gasteiger partial charge in [0.05, 0.1) is 39.8 Å². The summed E-state index contributed by atoms with van der Waals surface area (Å²) in [7, 11) is 6.43. The van der Waals surface area contributed by atoms with Gasteiger partial charge in [0.15, 0.2) is 0 Å². The lowest BCUT2D eigenvalue weighted by Gasteiger charge is -2.15. The molecule has 0 amide bonds. The summed E-state index contributed by atoms with van der Waals surface area (Å²) in [6, 6.07) is 12.8. The first-order valence-electron chi connectivity index (χ1n) is 8.90. The van der Waals surface area contributed by atoms with E-state index in [1.54, 1.807) is 46.6 Å². The molecule has 0 radical (unpaired) electrons. The van der Waals surface area contributed by atoms with E-state index in [-0.39, 0.29) is 0 Å². The fourth-order valence-corrected chi connectivity index (χ4v) is 2.78. The van der Waals surface area contributed by atoms with Crippen molar-refractivity contribution in [1.82, 2.24) is 9.97 Å². The highest BCUT2D eigenvalue weighted by Crippen LogP contribution is 2.33. The highest BCUT2D eigenvalue weighted by Gasteiger charge is 2.10. The lowest BCUT2D eigenvalue weighted by Crippen LogP contribution is -2.03. The molecule has 8 nitrogen and oxygen atoms in total. The van der Waals surface area contributed by atoms with Crippen molar-refractivity contribution in [3.05, 3.63) is 48.3 Å². The number of nitrogens with zero attached hydrogens (tertiary/aromatic N) is 2. The number of methoxy groups -OCH3 is 4. The number of nitrogens with one attached hydrogen (secondary N) is 2. The van der Waals surface area contributed by atoms with Crippen molar-refractivity contribution in [3.8, 4) is 23.0 Å². The fourth-order valence-electron chi connectivity index (χ4n) is 2.78. The highest BCUT2D eigenvalue weighted by atomic mass is 16.5. The number of aryl methyl sites for hydroxylation is 1. The molecule has 3 rings (SSSR count). The molecule has 3 aromatic rings. The van der Waals surface area contributed by atoms with Crippen molar-refractivity contribution in [2.75, 3.05) is 39.1 Å². The predicted molar refractivity (Wildman–Crippen MR) is 112 cm³/mol. The molecular formula is C21H24N4O4. The summed E-state index contributed by atoms with van der Waals surface area (Å²) in [6.07, 6.45) is 0. The molecule has 2 aromatic carbocycles. The minimum atomic E-state index is 0.609. The van der Waals surface area contributed by atoms with Gasteiger partial charge in [0.2, 0.25) is 0 Å². The van der Waals surface area contributed by atoms with E-state index >= 15 is 0 Å². The first-order chi connectivity index (χ1) is 14.1. The molecule has 152 valence electrons. The molecule has 1 aromatic heterocycles. The number of hydrogen-bond donors (Lipinski definition) is 2. The molecule has 0 spiro atoms. The molecule has 0 aliphatic heterocycles. The van der Waals surface area contributed by atoms with Crippen LogP contribution >= 0.6 is 0 Å². The van der Waals surface area contributed by atoms with E-state index in [2.05, 4.69) is 20.6 Å². The van der Waals surface area contributed by atoms with E-state index in [1.165, 1.54) is 0 Å². The first kappa shape index (κ1) is 20.1. The van der Waals surface area contributed by atoms with Crippen LogP contribution in [0.4, 0.5) is 23.0 Å². The van der Waals surface area contributed by atoms with E-state index < -0.39 is 0 Å². The van der Waals surface area contributed by atoms with Crippen LogP contribution in [0.15, 0.2) is 42.5 Å². The molecule has 0 aliphatic carbocycles. The molecule has 0 saturated carbocycles. The minimum absolute atomic E-state index is 0.609. The Morgan fingerprint density at radius 1 is 0.621 bits per heavy atom. The van der Waals surface area contributed by atoms with Gasteiger partial charge >= 0.3 is 0 Å². The average Bonchev–Trinajstić information content (AvgIpc) is 2.73. The molecule has 0 saturated heterocycles. The number of aromatic nitrogens is 2. The van der Waals surface area contributed by atoms with E-state index in [0.29, 0.717) is 40.5 Å². The second-order valence-corrected chi connectivity index (χ2v) is 6.07. The normalized spacial score (nSPS) is 10.2. The van der Waals surface area contributed by atoms with Crippen molar-refractivity contribution in [1.29, 1.82) is 0 Å². The van der Waals surface area contributed by atoms with Gasteiger partial charge in [0, 0.05) is 18.2 Å². The van der Waals surface area contributed by atoms with Crippen LogP contribution in [-0.2, 0) is 0 Å². The van der Waals surface area contributed by atoms with E-state index in [1.807, 2.05) is 31.2 Å². The number of hydrogen-bond acceptors (Lipinski definition) is 8. The third kappa shape index (κ3) is 4.78. The lowest BCUT2D eigenvalue weighted by molar-refractivity contribution is 0.395. The monoisotopic (exact) mass is 396 g/mol. The maximum absolute atomic E-state index is 5.44. The lowest BCUT2D eigenvalue weighted by atomic mass is 10.2. The standard InChI is InChI=1S/C21H24N4O4/c1-13-22-20(24-16-8-6-14(26-2)10-18(16)28-4)12-21(23-13)25-17-9-7-15(27-3)11-19(17)29-5/h6-12H,1-5H3,(H2,22,23,24,25). The van der Waals surface area contributed by atoms with Crippen LogP contribution < -0.4 is 29.6 Å². The van der Waals surface area contributed by atoms with Gasteiger partial charge in [-0.3, -0.25) is 0 Å². The summed E-state index contributed by atoms with van der Waals surface area (Å²) in [6.45, 7) is 1.83. The molecule has 29 heavy (non-hydrogen) atoms. The number of anilines is 4. The van der Waals surface area contributed by atoms with Crippen LogP contribution in [0.3, 0.4) is 0 Å². The van der Waals surface area contributed by atoms with Crippen molar-refractivity contribution in [2.24, 2.45) is 0 Å². The van der Waals surface area contributed by atoms with Gasteiger partial charge in [0.1, 0.15) is 40.5 Å². The summed E-state index contributed by atoms with van der Waals surface area (Å²) >= 11 is 0. The van der Waals surface area contributed by atoms with Gasteiger partial charge in [-0.15, -0.1) is 0 Å². The van der Waals surface area contributed by atoms with Gasteiger partial charge in [-0.25, -0.2) is 9.97 Å². The van der Waals surface area contributed by atoms with Crippen LogP contribution in [0.5, 0.6) is 23.0 Å². The molecule has 8 heteroatoms. The Kier molecular flexibility index (Phi) is 6.23. The molecular weight excluding hydrogens is 372 g/mol. The number of benzene rings is 2. The van der Waals surface area contributed by atoms with Gasteiger partial charge in [-0.2, -0.15) is 0 Å². The Morgan fingerprint density at radius 2 is 1.07 bits per heavy atom. The van der Waals surface area contributed by atoms with Crippen LogP contribution in [0.1, 0.15) is 5.82 Å². The third-order valence-corrected chi connectivity index (χ3v) is 4.18. The molecule has 0 bridgehead atoms. The van der Waals surface area contributed by atoms with E-state index in [0.717, 1.165) is 11.4 Å². The minimum Gasteiger partial charge on any atom is -0.497 e. The smallest absolute Gasteiger partial charge is 0.146 e. The van der Waals surface area contributed by atoms with Crippen LogP contribution in [-0.4, -0.2) is 38.4 Å². The topological polar surface area (TPSA) is 86.8 Å². The summed E-state index contributed by atoms with van der Waals surface area (Å²) in [5, 5.41) is 6.53. The SMILES string of the molecule is COc1ccc(Nc2cc(Nc3ccc(OC)cc3OC)nc(C)n2)c(OC)c1. The van der Waals surface area contributed by atoms with Crippen LogP contribution in [0.2, 0.25) is 0 Å². The Morgan fingerprint density at radius 3 is 1.45 bits per heavy atom. The van der Waals surface area contributed by atoms with Crippen LogP contribution in [0, 0.1) is 6.92 Å². The average molecular weight is 396 g/mol. The molecule has 2 N–H and O–H groups in total. The third-order valence-electron chi connectivity index (χ3n) is 4.18. The van der Waals surface area contributed by atoms with E-state index in [9.17, 15) is 0 Å². The fraction of sp³-hybridized carbons (Fsp3) is 0.238. The molecule has 0 aliphatic rings. The highest BCUT2D eigenvalue weighted by molar-refractivity contribution is 5.70. The molecule has 0 unspecified atom stereocenters. The Labute approximate surface area is 169 Å². The second-order valence-electron chi connectivity index (χ2n) is 6.07. The Hall–Kier alpha value is -3.68. The zero-order valence-electron chi connectivity index (χ0n) is 17.1. The van der Waals surface area contributed by atoms with Gasteiger partial charge in [-0.1, -0.05) is 0 Å². The largest absolute Gasteiger partial charge is 0.497 e. The first-order valence-corrected chi connectivity index (χ1v) is 8.90. The Balaban J connectivity index is 1.88. The van der Waals surface area contributed by atoms with Crippen LogP contribution in [0.25, 0.3) is 0 Å². The Bertz CT molecular complexity index is 919. The van der Waals surface area contributed by atoms with Crippen molar-refractivity contribution in [3.63, 3.8) is 0 Å². The molecule has 1 heterocycles. The predicted octanol–water partition coefficient (Wildman–Crippen LogP) is 4.31. The summed E-state index contributed by atoms with van der Waals surface area (Å²) in [5.41, 5.74) is 1.53. The quantitative estimate of drug-likeness (QED) is 0.583. The van der Waals surface area contributed by atoms with Crippen molar-refractivity contribution >= 4 is 23.0 Å². The molecule has 0 atom stereocenters. The second kappa shape index (κ2) is 9.01. The van der Waals surface area contributed by atoms with Gasteiger partial charge < -0.3 is 29.6 Å². The number of rotatable bonds is 8.